The van der Waals surface area contributed by atoms with Gasteiger partial charge in [-0.25, -0.2) is 9.78 Å². The molecule has 26 heavy (non-hydrogen) atoms. The van der Waals surface area contributed by atoms with Gasteiger partial charge in [0.25, 0.3) is 5.91 Å². The number of halogens is 1. The van der Waals surface area contributed by atoms with Crippen molar-refractivity contribution in [3.63, 3.8) is 0 Å². The van der Waals surface area contributed by atoms with E-state index in [0.29, 0.717) is 23.6 Å². The monoisotopic (exact) mass is 376 g/mol. The Kier molecular flexibility index (Phi) is 7.41. The molecule has 1 aromatic heterocycles. The quantitative estimate of drug-likeness (QED) is 0.426. The summed E-state index contributed by atoms with van der Waals surface area (Å²) < 4.78 is 10.7. The summed E-state index contributed by atoms with van der Waals surface area (Å²) in [5.41, 5.74) is 0.854. The van der Waals surface area contributed by atoms with E-state index in [1.165, 1.54) is 6.20 Å². The van der Waals surface area contributed by atoms with Crippen LogP contribution in [0.2, 0.25) is 5.15 Å². The molecule has 2 aromatic rings. The number of hydrogen-bond donors (Lipinski definition) is 1. The molecule has 6 nitrogen and oxygen atoms in total. The zero-order valence-electron chi connectivity index (χ0n) is 14.7. The van der Waals surface area contributed by atoms with E-state index < -0.39 is 6.10 Å². The van der Waals surface area contributed by atoms with Gasteiger partial charge in [0.2, 0.25) is 0 Å². The number of unbranched alkanes of at least 4 members (excludes halogenated alkanes) is 1. The van der Waals surface area contributed by atoms with Crippen molar-refractivity contribution in [1.29, 1.82) is 0 Å². The first kappa shape index (κ1) is 19.7. The van der Waals surface area contributed by atoms with E-state index in [2.05, 4.69) is 10.3 Å². The molecule has 1 atom stereocenters. The molecule has 0 bridgehead atoms. The second kappa shape index (κ2) is 9.77. The van der Waals surface area contributed by atoms with Gasteiger partial charge >= 0.3 is 5.97 Å². The van der Waals surface area contributed by atoms with Crippen LogP contribution < -0.4 is 10.1 Å². The van der Waals surface area contributed by atoms with Gasteiger partial charge in [-0.2, -0.15) is 0 Å². The molecule has 1 aromatic carbocycles. The van der Waals surface area contributed by atoms with Crippen LogP contribution in [-0.2, 0) is 9.53 Å². The molecule has 1 amide bonds. The van der Waals surface area contributed by atoms with Crippen molar-refractivity contribution >= 4 is 29.2 Å². The molecule has 0 spiro atoms. The lowest BCUT2D eigenvalue weighted by Crippen LogP contribution is -2.30. The molecular formula is C19H21ClN2O4. The number of amides is 1. The lowest BCUT2D eigenvalue weighted by atomic mass is 10.2. The van der Waals surface area contributed by atoms with Gasteiger partial charge in [-0.15, -0.1) is 0 Å². The summed E-state index contributed by atoms with van der Waals surface area (Å²) in [5, 5.41) is 2.86. The van der Waals surface area contributed by atoms with E-state index in [4.69, 9.17) is 21.1 Å². The molecule has 0 saturated carbocycles. The average Bonchev–Trinajstić information content (AvgIpc) is 2.64. The molecule has 0 aliphatic rings. The lowest BCUT2D eigenvalue weighted by molar-refractivity contribution is -0.122. The number of nitrogens with one attached hydrogen (secondary N) is 1. The van der Waals surface area contributed by atoms with Gasteiger partial charge in [0, 0.05) is 6.20 Å². The zero-order valence-corrected chi connectivity index (χ0v) is 15.5. The fourth-order valence-electron chi connectivity index (χ4n) is 2.03. The molecule has 138 valence electrons. The maximum Gasteiger partial charge on any atom is 0.338 e. The Bertz CT molecular complexity index is 749. The molecule has 0 fully saturated rings. The summed E-state index contributed by atoms with van der Waals surface area (Å²) in [7, 11) is 0. The molecule has 0 radical (unpaired) electrons. The van der Waals surface area contributed by atoms with Gasteiger partial charge in [-0.05, 0) is 49.7 Å². The molecule has 0 unspecified atom stereocenters. The first-order valence-electron chi connectivity index (χ1n) is 8.36. The van der Waals surface area contributed by atoms with Crippen LogP contribution in [0.15, 0.2) is 42.6 Å². The van der Waals surface area contributed by atoms with Crippen LogP contribution in [0.5, 0.6) is 5.75 Å². The highest BCUT2D eigenvalue weighted by molar-refractivity contribution is 6.32. The largest absolute Gasteiger partial charge is 0.481 e. The lowest BCUT2D eigenvalue weighted by Gasteiger charge is -2.15. The van der Waals surface area contributed by atoms with Crippen molar-refractivity contribution in [2.45, 2.75) is 32.8 Å². The van der Waals surface area contributed by atoms with Gasteiger partial charge in [0.1, 0.15) is 5.75 Å². The number of rotatable bonds is 8. The first-order chi connectivity index (χ1) is 12.5. The van der Waals surface area contributed by atoms with Gasteiger partial charge in [-0.1, -0.05) is 24.9 Å². The molecule has 2 rings (SSSR count). The number of carbonyl (C=O) groups excluding carboxylic acids is 2. The van der Waals surface area contributed by atoms with Crippen LogP contribution in [0.1, 0.15) is 37.0 Å². The van der Waals surface area contributed by atoms with E-state index >= 15 is 0 Å². The summed E-state index contributed by atoms with van der Waals surface area (Å²) in [4.78, 5) is 27.9. The topological polar surface area (TPSA) is 77.5 Å². The highest BCUT2D eigenvalue weighted by atomic mass is 35.5. The Morgan fingerprint density at radius 1 is 1.23 bits per heavy atom. The van der Waals surface area contributed by atoms with Gasteiger partial charge < -0.3 is 14.8 Å². The maximum absolute atomic E-state index is 12.2. The number of pyridine rings is 1. The van der Waals surface area contributed by atoms with Gasteiger partial charge in [0.15, 0.2) is 11.3 Å². The van der Waals surface area contributed by atoms with Crippen molar-refractivity contribution < 1.29 is 19.1 Å². The molecule has 1 N–H and O–H groups in total. The van der Waals surface area contributed by atoms with Crippen LogP contribution >= 0.6 is 11.6 Å². The summed E-state index contributed by atoms with van der Waals surface area (Å²) in [6, 6.07) is 9.77. The molecule has 0 aliphatic heterocycles. The third kappa shape index (κ3) is 5.74. The summed E-state index contributed by atoms with van der Waals surface area (Å²) in [5.74, 6) is -0.264. The van der Waals surface area contributed by atoms with Gasteiger partial charge in [-0.3, -0.25) is 4.79 Å². The average molecular weight is 377 g/mol. The number of esters is 1. The van der Waals surface area contributed by atoms with Crippen molar-refractivity contribution in [3.05, 3.63) is 53.3 Å². The second-order valence-electron chi connectivity index (χ2n) is 5.60. The number of hydrogen-bond acceptors (Lipinski definition) is 5. The molecule has 0 aliphatic carbocycles. The molecule has 1 heterocycles. The zero-order chi connectivity index (χ0) is 18.9. The number of nitrogens with zero attached hydrogens (tertiary/aromatic N) is 1. The van der Waals surface area contributed by atoms with E-state index in [1.807, 2.05) is 6.92 Å². The first-order valence-corrected chi connectivity index (χ1v) is 8.74. The van der Waals surface area contributed by atoms with Crippen molar-refractivity contribution in [1.82, 2.24) is 4.98 Å². The number of ether oxygens (including phenoxy) is 2. The van der Waals surface area contributed by atoms with Crippen LogP contribution in [0.4, 0.5) is 5.69 Å². The van der Waals surface area contributed by atoms with Crippen molar-refractivity contribution in [2.75, 3.05) is 11.9 Å². The number of carbonyl (C=O) groups is 2. The second-order valence-corrected chi connectivity index (χ2v) is 5.96. The predicted octanol–water partition coefficient (Wildman–Crippen LogP) is 4.10. The van der Waals surface area contributed by atoms with Crippen LogP contribution in [0.3, 0.4) is 0 Å². The minimum Gasteiger partial charge on any atom is -0.481 e. The minimum absolute atomic E-state index is 0.207. The number of benzene rings is 1. The van der Waals surface area contributed by atoms with E-state index in [0.717, 1.165) is 12.8 Å². The molecule has 7 heteroatoms. The maximum atomic E-state index is 12.2. The highest BCUT2D eigenvalue weighted by Gasteiger charge is 2.16. The third-order valence-corrected chi connectivity index (χ3v) is 3.82. The van der Waals surface area contributed by atoms with E-state index in [1.54, 1.807) is 43.3 Å². The van der Waals surface area contributed by atoms with E-state index in [9.17, 15) is 9.59 Å². The van der Waals surface area contributed by atoms with Crippen molar-refractivity contribution in [2.24, 2.45) is 0 Å². The van der Waals surface area contributed by atoms with E-state index in [-0.39, 0.29) is 17.0 Å². The fraction of sp³-hybridized carbons (Fsp3) is 0.316. The predicted molar refractivity (Wildman–Crippen MR) is 99.6 cm³/mol. The standard InChI is InChI=1S/C19H21ClN2O4/c1-3-4-12-25-19(24)14-7-9-15(10-8-14)26-13(2)18(23)22-16-6-5-11-21-17(16)20/h5-11,13H,3-4,12H2,1-2H3,(H,22,23)/t13-/m1/s1. The fourth-order valence-corrected chi connectivity index (χ4v) is 2.20. The Hall–Kier alpha value is -2.60. The van der Waals surface area contributed by atoms with Crippen molar-refractivity contribution in [3.8, 4) is 5.75 Å². The Labute approximate surface area is 157 Å². The smallest absolute Gasteiger partial charge is 0.338 e. The number of anilines is 1. The Balaban J connectivity index is 1.90. The summed E-state index contributed by atoms with van der Waals surface area (Å²) in [6.07, 6.45) is 2.57. The number of aromatic nitrogens is 1. The SMILES string of the molecule is CCCCOC(=O)c1ccc(O[C@H](C)C(=O)Nc2cccnc2Cl)cc1. The summed E-state index contributed by atoms with van der Waals surface area (Å²) in [6.45, 7) is 4.05. The van der Waals surface area contributed by atoms with Crippen LogP contribution in [0, 0.1) is 0 Å². The minimum atomic E-state index is -0.756. The van der Waals surface area contributed by atoms with Crippen LogP contribution in [-0.4, -0.2) is 29.6 Å². The molecular weight excluding hydrogens is 356 g/mol. The van der Waals surface area contributed by atoms with Gasteiger partial charge in [0.05, 0.1) is 17.9 Å². The Morgan fingerprint density at radius 3 is 2.62 bits per heavy atom. The third-order valence-electron chi connectivity index (χ3n) is 3.52. The van der Waals surface area contributed by atoms with Crippen LogP contribution in [0.25, 0.3) is 0 Å². The summed E-state index contributed by atoms with van der Waals surface area (Å²) >= 11 is 5.92. The Morgan fingerprint density at radius 2 is 1.96 bits per heavy atom. The normalized spacial score (nSPS) is 11.5. The highest BCUT2D eigenvalue weighted by Crippen LogP contribution is 2.19. The molecule has 0 saturated heterocycles.